The van der Waals surface area contributed by atoms with Crippen LogP contribution in [0.2, 0.25) is 5.02 Å². The average molecular weight is 393 g/mol. The van der Waals surface area contributed by atoms with E-state index < -0.39 is 15.8 Å². The van der Waals surface area contributed by atoms with Crippen molar-refractivity contribution in [3.8, 4) is 0 Å². The molecule has 1 aliphatic rings. The molecular weight excluding hydrogens is 376 g/mol. The number of benzene rings is 2. The minimum atomic E-state index is -3.89. The van der Waals surface area contributed by atoms with Crippen LogP contribution in [0.3, 0.4) is 0 Å². The van der Waals surface area contributed by atoms with E-state index in [0.29, 0.717) is 17.7 Å². The highest BCUT2D eigenvalue weighted by Crippen LogP contribution is 2.35. The predicted molar refractivity (Wildman–Crippen MR) is 100 cm³/mol. The van der Waals surface area contributed by atoms with E-state index >= 15 is 0 Å². The third-order valence-electron chi connectivity index (χ3n) is 4.73. The van der Waals surface area contributed by atoms with E-state index in [0.717, 1.165) is 24.8 Å². The Kier molecular flexibility index (Phi) is 4.08. The summed E-state index contributed by atoms with van der Waals surface area (Å²) in [4.78, 5) is 11.7. The first-order valence-corrected chi connectivity index (χ1v) is 10.1. The molecule has 8 heteroatoms. The first-order chi connectivity index (χ1) is 12.4. The molecule has 0 saturated heterocycles. The first kappa shape index (κ1) is 17.2. The fraction of sp³-hybridized carbons (Fsp3) is 0.278. The number of hydrogen-bond donors (Lipinski definition) is 0. The van der Waals surface area contributed by atoms with Gasteiger partial charge in [-0.3, -0.25) is 8.87 Å². The Bertz CT molecular complexity index is 1160. The number of oxazole rings is 1. The highest BCUT2D eigenvalue weighted by molar-refractivity contribution is 7.93. The van der Waals surface area contributed by atoms with Gasteiger partial charge in [0.1, 0.15) is 4.90 Å². The molecule has 6 nitrogen and oxygen atoms in total. The molecule has 0 spiro atoms. The van der Waals surface area contributed by atoms with E-state index in [9.17, 15) is 13.2 Å². The van der Waals surface area contributed by atoms with E-state index in [1.54, 1.807) is 7.05 Å². The van der Waals surface area contributed by atoms with Crippen molar-refractivity contribution in [2.75, 3.05) is 10.8 Å². The van der Waals surface area contributed by atoms with Crippen LogP contribution in [0, 0.1) is 0 Å². The molecule has 136 valence electrons. The number of aryl methyl sites for hydroxylation is 2. The molecule has 0 atom stereocenters. The Hall–Kier alpha value is -2.25. The lowest BCUT2D eigenvalue weighted by atomic mass is 10.1. The van der Waals surface area contributed by atoms with Gasteiger partial charge in [-0.05, 0) is 37.0 Å². The van der Waals surface area contributed by atoms with Crippen LogP contribution >= 0.6 is 11.6 Å². The van der Waals surface area contributed by atoms with Crippen LogP contribution in [0.5, 0.6) is 0 Å². The predicted octanol–water partition coefficient (Wildman–Crippen LogP) is 3.32. The van der Waals surface area contributed by atoms with Gasteiger partial charge in [-0.15, -0.1) is 0 Å². The van der Waals surface area contributed by atoms with Crippen LogP contribution in [0.4, 0.5) is 5.69 Å². The Morgan fingerprint density at radius 1 is 1.15 bits per heavy atom. The normalized spacial score (nSPS) is 15.1. The molecule has 0 saturated carbocycles. The number of anilines is 1. The molecular formula is C18H17ClN2O4S. The highest BCUT2D eigenvalue weighted by Gasteiger charge is 2.30. The zero-order valence-corrected chi connectivity index (χ0v) is 15.7. The van der Waals surface area contributed by atoms with E-state index in [1.165, 1.54) is 21.0 Å². The summed E-state index contributed by atoms with van der Waals surface area (Å²) in [5.74, 6) is -0.564. The number of nitrogens with zero attached hydrogens (tertiary/aromatic N) is 2. The van der Waals surface area contributed by atoms with Gasteiger partial charge in [-0.25, -0.2) is 13.2 Å². The third kappa shape index (κ3) is 2.62. The summed E-state index contributed by atoms with van der Waals surface area (Å²) in [5.41, 5.74) is 2.33. The number of rotatable bonds is 2. The first-order valence-electron chi connectivity index (χ1n) is 8.29. The van der Waals surface area contributed by atoms with Crippen LogP contribution in [-0.2, 0) is 23.5 Å². The Morgan fingerprint density at radius 3 is 2.73 bits per heavy atom. The molecule has 26 heavy (non-hydrogen) atoms. The molecule has 0 fully saturated rings. The van der Waals surface area contributed by atoms with Crippen molar-refractivity contribution in [1.82, 2.24) is 4.57 Å². The summed E-state index contributed by atoms with van der Waals surface area (Å²) in [7, 11) is -2.35. The van der Waals surface area contributed by atoms with Crippen LogP contribution in [0.25, 0.3) is 11.1 Å². The lowest BCUT2D eigenvalue weighted by molar-refractivity contribution is 0.527. The second-order valence-electron chi connectivity index (χ2n) is 6.34. The summed E-state index contributed by atoms with van der Waals surface area (Å²) in [6.45, 7) is 0.381. The van der Waals surface area contributed by atoms with Gasteiger partial charge in [0.15, 0.2) is 5.58 Å². The van der Waals surface area contributed by atoms with Crippen LogP contribution in [-0.4, -0.2) is 19.5 Å². The summed E-state index contributed by atoms with van der Waals surface area (Å²) in [6, 6.07) is 10.3. The summed E-state index contributed by atoms with van der Waals surface area (Å²) in [6.07, 6.45) is 2.51. The van der Waals surface area contributed by atoms with Crippen LogP contribution in [0.1, 0.15) is 18.4 Å². The summed E-state index contributed by atoms with van der Waals surface area (Å²) < 4.78 is 34.6. The largest absolute Gasteiger partial charge is 0.419 e. The molecule has 1 aromatic heterocycles. The fourth-order valence-corrected chi connectivity index (χ4v) is 5.41. The maximum Gasteiger partial charge on any atom is 0.419 e. The molecule has 1 aliphatic heterocycles. The molecule has 2 heterocycles. The van der Waals surface area contributed by atoms with Crippen molar-refractivity contribution in [1.29, 1.82) is 0 Å². The minimum absolute atomic E-state index is 0.0577. The molecule has 0 amide bonds. The molecule has 4 rings (SSSR count). The Labute approximate surface area is 155 Å². The minimum Gasteiger partial charge on any atom is -0.408 e. The number of aromatic nitrogens is 1. The summed E-state index contributed by atoms with van der Waals surface area (Å²) >= 11 is 6.29. The van der Waals surface area contributed by atoms with Gasteiger partial charge >= 0.3 is 5.76 Å². The van der Waals surface area contributed by atoms with E-state index in [4.69, 9.17) is 16.0 Å². The zero-order valence-electron chi connectivity index (χ0n) is 14.1. The molecule has 0 aliphatic carbocycles. The van der Waals surface area contributed by atoms with Gasteiger partial charge in [-0.2, -0.15) is 0 Å². The maximum absolute atomic E-state index is 13.4. The lowest BCUT2D eigenvalue weighted by Gasteiger charge is -2.25. The van der Waals surface area contributed by atoms with Crippen LogP contribution < -0.4 is 10.1 Å². The highest BCUT2D eigenvalue weighted by atomic mass is 35.5. The van der Waals surface area contributed by atoms with Gasteiger partial charge in [0.2, 0.25) is 0 Å². The van der Waals surface area contributed by atoms with Crippen molar-refractivity contribution in [3.05, 3.63) is 57.5 Å². The topological polar surface area (TPSA) is 72.5 Å². The van der Waals surface area contributed by atoms with Crippen molar-refractivity contribution in [3.63, 3.8) is 0 Å². The quantitative estimate of drug-likeness (QED) is 0.670. The lowest BCUT2D eigenvalue weighted by Crippen LogP contribution is -2.32. The molecule has 0 unspecified atom stereocenters. The standard InChI is InChI=1S/C18H17ClN2O4S/c1-20-15-10-13(19)17(11-16(15)25-18(20)22)26(23,24)21-9-5-4-7-12-6-2-3-8-14(12)21/h2-3,6,8,10-11H,4-5,7,9H2,1H3. The molecule has 0 N–H and O–H groups in total. The molecule has 2 aromatic carbocycles. The van der Waals surface area contributed by atoms with E-state index in [-0.39, 0.29) is 15.5 Å². The molecule has 3 aromatic rings. The fourth-order valence-electron chi connectivity index (χ4n) is 3.35. The van der Waals surface area contributed by atoms with Gasteiger partial charge < -0.3 is 4.42 Å². The van der Waals surface area contributed by atoms with Crippen molar-refractivity contribution < 1.29 is 12.8 Å². The third-order valence-corrected chi connectivity index (χ3v) is 7.01. The Balaban J connectivity index is 1.91. The smallest absolute Gasteiger partial charge is 0.408 e. The van der Waals surface area contributed by atoms with Crippen LogP contribution in [0.15, 0.2) is 50.5 Å². The monoisotopic (exact) mass is 392 g/mol. The van der Waals surface area contributed by atoms with Gasteiger partial charge in [0, 0.05) is 19.7 Å². The van der Waals surface area contributed by atoms with Gasteiger partial charge in [0.05, 0.1) is 16.2 Å². The van der Waals surface area contributed by atoms with Gasteiger partial charge in [0.25, 0.3) is 10.0 Å². The molecule has 0 bridgehead atoms. The van der Waals surface area contributed by atoms with Gasteiger partial charge in [-0.1, -0.05) is 29.8 Å². The van der Waals surface area contributed by atoms with Crippen molar-refractivity contribution >= 4 is 38.4 Å². The number of hydrogen-bond acceptors (Lipinski definition) is 4. The second-order valence-corrected chi connectivity index (χ2v) is 8.58. The SMILES string of the molecule is Cn1c(=O)oc2cc(S(=O)(=O)N3CCCCc4ccccc43)c(Cl)cc21. The molecule has 0 radical (unpaired) electrons. The second kappa shape index (κ2) is 6.17. The number of sulfonamides is 1. The summed E-state index contributed by atoms with van der Waals surface area (Å²) in [5, 5.41) is 0.0654. The Morgan fingerprint density at radius 2 is 1.92 bits per heavy atom. The average Bonchev–Trinajstić information content (AvgIpc) is 2.79. The maximum atomic E-state index is 13.4. The number of fused-ring (bicyclic) bond motifs is 2. The number of para-hydroxylation sites is 1. The van der Waals surface area contributed by atoms with E-state index in [1.807, 2.05) is 24.3 Å². The van der Waals surface area contributed by atoms with Crippen molar-refractivity contribution in [2.24, 2.45) is 7.05 Å². The number of halogens is 1. The van der Waals surface area contributed by atoms with E-state index in [2.05, 4.69) is 0 Å². The van der Waals surface area contributed by atoms with Crippen molar-refractivity contribution in [2.45, 2.75) is 24.2 Å². The zero-order chi connectivity index (χ0) is 18.5.